The molecule has 0 saturated carbocycles. The molecule has 0 aromatic carbocycles. The van der Waals surface area contributed by atoms with Gasteiger partial charge in [-0.2, -0.15) is 0 Å². The van der Waals surface area contributed by atoms with Gasteiger partial charge in [0, 0.05) is 17.7 Å². The normalized spacial score (nSPS) is 15.7. The molecule has 1 heterocycles. The summed E-state index contributed by atoms with van der Waals surface area (Å²) in [6.45, 7) is 12.7. The average Bonchev–Trinajstić information content (AvgIpc) is 2.62. The van der Waals surface area contributed by atoms with Gasteiger partial charge in [0.05, 0.1) is 5.69 Å². The first kappa shape index (κ1) is 16.1. The number of anilines is 1. The Morgan fingerprint density at radius 1 is 1.14 bits per heavy atom. The average molecular weight is 291 g/mol. The fourth-order valence-electron chi connectivity index (χ4n) is 3.00. The van der Waals surface area contributed by atoms with Crippen molar-refractivity contribution in [3.63, 3.8) is 0 Å². The Hall–Kier alpha value is -1.32. The summed E-state index contributed by atoms with van der Waals surface area (Å²) in [4.78, 5) is 17.0. The number of aromatic nitrogens is 2. The van der Waals surface area contributed by atoms with Gasteiger partial charge in [-0.15, -0.1) is 0 Å². The van der Waals surface area contributed by atoms with Gasteiger partial charge in [-0.1, -0.05) is 20.8 Å². The van der Waals surface area contributed by atoms with Crippen LogP contribution in [-0.2, 0) is 23.2 Å². The lowest BCUT2D eigenvalue weighted by Gasteiger charge is -2.27. The molecule has 1 aliphatic rings. The van der Waals surface area contributed by atoms with E-state index in [4.69, 9.17) is 4.98 Å². The fraction of sp³-hybridized carbons (Fsp3) is 0.765. The van der Waals surface area contributed by atoms with Crippen LogP contribution in [0.2, 0.25) is 0 Å². The van der Waals surface area contributed by atoms with Crippen molar-refractivity contribution in [3.05, 3.63) is 11.4 Å². The molecule has 0 radical (unpaired) electrons. The number of carbonyl (C=O) groups excluding carboxylic acids is 1. The highest BCUT2D eigenvalue weighted by Crippen LogP contribution is 2.31. The van der Waals surface area contributed by atoms with Gasteiger partial charge in [0.2, 0.25) is 11.9 Å². The van der Waals surface area contributed by atoms with Crippen LogP contribution in [0.4, 0.5) is 5.95 Å². The van der Waals surface area contributed by atoms with Crippen molar-refractivity contribution < 1.29 is 4.79 Å². The van der Waals surface area contributed by atoms with Gasteiger partial charge >= 0.3 is 0 Å². The quantitative estimate of drug-likeness (QED) is 0.898. The first-order valence-corrected chi connectivity index (χ1v) is 7.99. The lowest BCUT2D eigenvalue weighted by atomic mass is 9.92. The van der Waals surface area contributed by atoms with E-state index in [1.165, 1.54) is 24.2 Å². The molecule has 1 N–H and O–H groups in total. The third-order valence-electron chi connectivity index (χ3n) is 3.75. The zero-order chi connectivity index (χ0) is 15.8. The Morgan fingerprint density at radius 3 is 2.33 bits per heavy atom. The molecule has 1 aromatic heterocycles. The minimum atomic E-state index is -0.0672. The van der Waals surface area contributed by atoms with Crippen LogP contribution < -0.4 is 5.32 Å². The van der Waals surface area contributed by atoms with Crippen molar-refractivity contribution in [2.24, 2.45) is 5.41 Å². The van der Waals surface area contributed by atoms with Crippen LogP contribution >= 0.6 is 0 Å². The number of fused-ring (bicyclic) bond motifs is 1. The van der Waals surface area contributed by atoms with Crippen molar-refractivity contribution in [2.75, 3.05) is 5.32 Å². The molecule has 0 atom stereocenters. The highest BCUT2D eigenvalue weighted by molar-refractivity contribution is 5.89. The van der Waals surface area contributed by atoms with E-state index in [0.717, 1.165) is 18.8 Å². The minimum absolute atomic E-state index is 0.0111. The van der Waals surface area contributed by atoms with Crippen molar-refractivity contribution in [1.29, 1.82) is 0 Å². The molecule has 0 saturated heterocycles. The molecule has 0 fully saturated rings. The largest absolute Gasteiger partial charge is 0.309 e. The first-order valence-electron chi connectivity index (χ1n) is 7.99. The van der Waals surface area contributed by atoms with Crippen molar-refractivity contribution in [3.8, 4) is 0 Å². The molecular weight excluding hydrogens is 262 g/mol. The maximum Gasteiger partial charge on any atom is 0.227 e. The fourth-order valence-corrected chi connectivity index (χ4v) is 3.00. The third kappa shape index (κ3) is 3.86. The molecule has 0 spiro atoms. The first-order chi connectivity index (χ1) is 9.58. The summed E-state index contributed by atoms with van der Waals surface area (Å²) in [5.41, 5.74) is 2.40. The highest BCUT2D eigenvalue weighted by Gasteiger charge is 2.28. The van der Waals surface area contributed by atoms with Crippen LogP contribution in [0.1, 0.15) is 72.2 Å². The summed E-state index contributed by atoms with van der Waals surface area (Å²) in [5.74, 6) is 0.777. The zero-order valence-corrected chi connectivity index (χ0v) is 14.3. The number of nitrogens with zero attached hydrogens (tertiary/aromatic N) is 2. The van der Waals surface area contributed by atoms with Crippen LogP contribution in [0, 0.1) is 5.41 Å². The van der Waals surface area contributed by atoms with E-state index in [0.29, 0.717) is 6.42 Å². The number of hydrogen-bond donors (Lipinski definition) is 1. The summed E-state index contributed by atoms with van der Waals surface area (Å²) >= 11 is 0. The topological polar surface area (TPSA) is 46.9 Å². The molecule has 1 amide bonds. The van der Waals surface area contributed by atoms with Crippen molar-refractivity contribution in [1.82, 2.24) is 9.55 Å². The van der Waals surface area contributed by atoms with E-state index in [2.05, 4.69) is 51.4 Å². The maximum absolute atomic E-state index is 12.3. The number of rotatable bonds is 2. The van der Waals surface area contributed by atoms with Gasteiger partial charge in [0.25, 0.3) is 0 Å². The second-order valence-corrected chi connectivity index (χ2v) is 8.33. The summed E-state index contributed by atoms with van der Waals surface area (Å²) < 4.78 is 2.22. The molecule has 0 aliphatic heterocycles. The molecule has 0 bridgehead atoms. The van der Waals surface area contributed by atoms with Crippen LogP contribution in [0.25, 0.3) is 0 Å². The summed E-state index contributed by atoms with van der Waals surface area (Å²) in [6, 6.07) is 0. The van der Waals surface area contributed by atoms with Gasteiger partial charge in [0.15, 0.2) is 0 Å². The number of amides is 1. The van der Waals surface area contributed by atoms with E-state index in [9.17, 15) is 4.79 Å². The highest BCUT2D eigenvalue weighted by atomic mass is 16.1. The Labute approximate surface area is 128 Å². The molecule has 0 unspecified atom stereocenters. The standard InChI is InChI=1S/C17H29N3O/c1-16(2,3)11-14(21)19-15-18-12-9-7-8-10-13(12)20(15)17(4,5)6/h7-11H2,1-6H3,(H,18,19,21). The van der Waals surface area contributed by atoms with Crippen LogP contribution in [0.5, 0.6) is 0 Å². The maximum atomic E-state index is 12.3. The Kier molecular flexibility index (Phi) is 4.18. The lowest BCUT2D eigenvalue weighted by molar-refractivity contribution is -0.117. The zero-order valence-electron chi connectivity index (χ0n) is 14.3. The monoisotopic (exact) mass is 291 g/mol. The number of nitrogens with one attached hydrogen (secondary N) is 1. The van der Waals surface area contributed by atoms with E-state index in [-0.39, 0.29) is 16.9 Å². The molecular formula is C17H29N3O. The number of hydrogen-bond acceptors (Lipinski definition) is 2. The lowest BCUT2D eigenvalue weighted by Crippen LogP contribution is -2.29. The Balaban J connectivity index is 2.31. The third-order valence-corrected chi connectivity index (χ3v) is 3.75. The van der Waals surface area contributed by atoms with Crippen molar-refractivity contribution >= 4 is 11.9 Å². The molecule has 21 heavy (non-hydrogen) atoms. The Morgan fingerprint density at radius 2 is 1.76 bits per heavy atom. The molecule has 118 valence electrons. The van der Waals surface area contributed by atoms with Gasteiger partial charge < -0.3 is 4.57 Å². The SMILES string of the molecule is CC(C)(C)CC(=O)Nc1nc2c(n1C(C)(C)C)CCCC2. The predicted molar refractivity (Wildman–Crippen MR) is 86.6 cm³/mol. The van der Waals surface area contributed by atoms with Crippen LogP contribution in [-0.4, -0.2) is 15.5 Å². The van der Waals surface area contributed by atoms with E-state index in [1.807, 2.05) is 0 Å². The summed E-state index contributed by atoms with van der Waals surface area (Å²) in [7, 11) is 0. The number of carbonyl (C=O) groups is 1. The second kappa shape index (κ2) is 5.47. The van der Waals surface area contributed by atoms with Gasteiger partial charge in [-0.3, -0.25) is 10.1 Å². The summed E-state index contributed by atoms with van der Waals surface area (Å²) in [6.07, 6.45) is 5.01. The molecule has 4 heteroatoms. The number of aryl methyl sites for hydroxylation is 1. The smallest absolute Gasteiger partial charge is 0.227 e. The molecule has 2 rings (SSSR count). The van der Waals surface area contributed by atoms with E-state index in [1.54, 1.807) is 0 Å². The van der Waals surface area contributed by atoms with Gasteiger partial charge in [-0.05, 0) is 51.9 Å². The minimum Gasteiger partial charge on any atom is -0.309 e. The molecule has 4 nitrogen and oxygen atoms in total. The Bertz CT molecular complexity index is 529. The van der Waals surface area contributed by atoms with E-state index >= 15 is 0 Å². The van der Waals surface area contributed by atoms with E-state index < -0.39 is 0 Å². The molecule has 1 aliphatic carbocycles. The number of imidazole rings is 1. The molecule has 1 aromatic rings. The second-order valence-electron chi connectivity index (χ2n) is 8.33. The van der Waals surface area contributed by atoms with Crippen LogP contribution in [0.15, 0.2) is 0 Å². The van der Waals surface area contributed by atoms with Crippen LogP contribution in [0.3, 0.4) is 0 Å². The van der Waals surface area contributed by atoms with Crippen molar-refractivity contribution in [2.45, 2.75) is 79.2 Å². The van der Waals surface area contributed by atoms with Gasteiger partial charge in [-0.25, -0.2) is 4.98 Å². The summed E-state index contributed by atoms with van der Waals surface area (Å²) in [5, 5.41) is 3.04. The predicted octanol–water partition coefficient (Wildman–Crippen LogP) is 3.89. The van der Waals surface area contributed by atoms with Gasteiger partial charge in [0.1, 0.15) is 0 Å².